The number of hydrogen-bond donors (Lipinski definition) is 2. The molecule has 6 nitrogen and oxygen atoms in total. The first-order valence-electron chi connectivity index (χ1n) is 9.12. The lowest BCUT2D eigenvalue weighted by molar-refractivity contribution is -0.115. The number of rotatable bonds is 9. The van der Waals surface area contributed by atoms with Gasteiger partial charge in [0.25, 0.3) is 5.91 Å². The zero-order chi connectivity index (χ0) is 20.5. The molecule has 0 aliphatic heterocycles. The zero-order valence-electron chi connectivity index (χ0n) is 16.3. The predicted octanol–water partition coefficient (Wildman–Crippen LogP) is 4.14. The molecule has 28 heavy (non-hydrogen) atoms. The molecule has 0 saturated heterocycles. The summed E-state index contributed by atoms with van der Waals surface area (Å²) in [6.45, 7) is 6.94. The molecule has 0 atom stereocenters. The Morgan fingerprint density at radius 2 is 1.79 bits per heavy atom. The summed E-state index contributed by atoms with van der Waals surface area (Å²) in [5, 5.41) is 5.69. The van der Waals surface area contributed by atoms with Crippen molar-refractivity contribution in [2.45, 2.75) is 20.8 Å². The fourth-order valence-corrected chi connectivity index (χ4v) is 2.52. The van der Waals surface area contributed by atoms with Gasteiger partial charge in [-0.25, -0.2) is 0 Å². The van der Waals surface area contributed by atoms with Gasteiger partial charge in [0.1, 0.15) is 11.5 Å². The number of amides is 2. The predicted molar refractivity (Wildman–Crippen MR) is 110 cm³/mol. The Kier molecular flexibility index (Phi) is 8.14. The summed E-state index contributed by atoms with van der Waals surface area (Å²) in [5.74, 6) is 0.945. The van der Waals surface area contributed by atoms with E-state index < -0.39 is 0 Å². The minimum absolute atomic E-state index is 0.157. The average Bonchev–Trinajstić information content (AvgIpc) is 2.66. The second kappa shape index (κ2) is 10.6. The van der Waals surface area contributed by atoms with Crippen molar-refractivity contribution in [3.8, 4) is 11.5 Å². The van der Waals surface area contributed by atoms with Gasteiger partial charge in [-0.3, -0.25) is 9.59 Å². The van der Waals surface area contributed by atoms with Crippen molar-refractivity contribution < 1.29 is 19.1 Å². The van der Waals surface area contributed by atoms with Gasteiger partial charge >= 0.3 is 0 Å². The Balaban J connectivity index is 1.84. The van der Waals surface area contributed by atoms with Crippen LogP contribution in [0.3, 0.4) is 0 Å². The van der Waals surface area contributed by atoms with Crippen LogP contribution in [0.15, 0.2) is 42.5 Å². The molecule has 0 spiro atoms. The Labute approximate surface area is 170 Å². The number of hydrogen-bond acceptors (Lipinski definition) is 4. The zero-order valence-corrected chi connectivity index (χ0v) is 17.0. The molecular weight excluding hydrogens is 380 g/mol. The highest BCUT2D eigenvalue weighted by Gasteiger charge is 2.10. The van der Waals surface area contributed by atoms with Crippen molar-refractivity contribution in [2.24, 2.45) is 5.92 Å². The van der Waals surface area contributed by atoms with Gasteiger partial charge in [0.05, 0.1) is 24.8 Å². The summed E-state index contributed by atoms with van der Waals surface area (Å²) in [5.41, 5.74) is 0.980. The van der Waals surface area contributed by atoms with Gasteiger partial charge in [-0.2, -0.15) is 0 Å². The van der Waals surface area contributed by atoms with Crippen LogP contribution in [0.2, 0.25) is 5.02 Å². The van der Waals surface area contributed by atoms with Crippen LogP contribution in [0.25, 0.3) is 0 Å². The van der Waals surface area contributed by atoms with Crippen LogP contribution in [0.4, 0.5) is 5.69 Å². The van der Waals surface area contributed by atoms with Gasteiger partial charge in [-0.1, -0.05) is 25.4 Å². The molecule has 2 aromatic rings. The molecular formula is C21H25ClN2O4. The number of carbonyl (C=O) groups excluding carboxylic acids is 2. The molecule has 0 saturated carbocycles. The fraction of sp³-hybridized carbons (Fsp3) is 0.333. The van der Waals surface area contributed by atoms with Crippen molar-refractivity contribution in [3.05, 3.63) is 53.1 Å². The minimum atomic E-state index is -0.355. The highest BCUT2D eigenvalue weighted by atomic mass is 35.5. The number of anilines is 1. The first-order chi connectivity index (χ1) is 13.4. The summed E-state index contributed by atoms with van der Waals surface area (Å²) < 4.78 is 10.9. The summed E-state index contributed by atoms with van der Waals surface area (Å²) in [4.78, 5) is 24.2. The second-order valence-electron chi connectivity index (χ2n) is 6.54. The van der Waals surface area contributed by atoms with E-state index in [1.165, 1.54) is 0 Å². The maximum atomic E-state index is 12.1. The van der Waals surface area contributed by atoms with Crippen LogP contribution in [-0.2, 0) is 4.79 Å². The van der Waals surface area contributed by atoms with E-state index in [9.17, 15) is 9.59 Å². The summed E-state index contributed by atoms with van der Waals surface area (Å²) in [7, 11) is 0. The third kappa shape index (κ3) is 6.78. The molecule has 2 N–H and O–H groups in total. The first kappa shape index (κ1) is 21.6. The standard InChI is InChI=1S/C21H25ClN2O4/c1-4-27-17-8-5-15(6-9-17)21(26)23-12-20(25)24-16-7-10-19(18(22)11-16)28-13-14(2)3/h5-11,14H,4,12-13H2,1-3H3,(H,23,26)(H,24,25). The van der Waals surface area contributed by atoms with E-state index in [-0.39, 0.29) is 18.4 Å². The Hall–Kier alpha value is -2.73. The van der Waals surface area contributed by atoms with E-state index in [0.29, 0.717) is 46.9 Å². The van der Waals surface area contributed by atoms with Crippen molar-refractivity contribution in [1.82, 2.24) is 5.32 Å². The number of benzene rings is 2. The lowest BCUT2D eigenvalue weighted by atomic mass is 10.2. The maximum absolute atomic E-state index is 12.1. The van der Waals surface area contributed by atoms with Gasteiger partial charge in [0.2, 0.25) is 5.91 Å². The molecule has 0 fully saturated rings. The molecule has 150 valence electrons. The molecule has 0 aliphatic carbocycles. The van der Waals surface area contributed by atoms with Gasteiger partial charge in [0.15, 0.2) is 0 Å². The van der Waals surface area contributed by atoms with Crippen LogP contribution >= 0.6 is 11.6 Å². The van der Waals surface area contributed by atoms with Crippen LogP contribution in [0, 0.1) is 5.92 Å². The lowest BCUT2D eigenvalue weighted by Gasteiger charge is -2.12. The molecule has 2 aromatic carbocycles. The molecule has 7 heteroatoms. The Morgan fingerprint density at radius 3 is 2.39 bits per heavy atom. The second-order valence-corrected chi connectivity index (χ2v) is 6.95. The quantitative estimate of drug-likeness (QED) is 0.658. The number of ether oxygens (including phenoxy) is 2. The molecule has 0 radical (unpaired) electrons. The number of halogens is 1. The Bertz CT molecular complexity index is 807. The van der Waals surface area contributed by atoms with E-state index in [1.54, 1.807) is 42.5 Å². The molecule has 0 heterocycles. The monoisotopic (exact) mass is 404 g/mol. The van der Waals surface area contributed by atoms with Crippen molar-refractivity contribution in [3.63, 3.8) is 0 Å². The van der Waals surface area contributed by atoms with Crippen LogP contribution in [0.5, 0.6) is 11.5 Å². The highest BCUT2D eigenvalue weighted by molar-refractivity contribution is 6.32. The third-order valence-corrected chi connectivity index (χ3v) is 3.92. The molecule has 0 unspecified atom stereocenters. The summed E-state index contributed by atoms with van der Waals surface area (Å²) in [6.07, 6.45) is 0. The minimum Gasteiger partial charge on any atom is -0.494 e. The highest BCUT2D eigenvalue weighted by Crippen LogP contribution is 2.28. The van der Waals surface area contributed by atoms with Crippen molar-refractivity contribution in [2.75, 3.05) is 25.1 Å². The summed E-state index contributed by atoms with van der Waals surface area (Å²) >= 11 is 6.18. The average molecular weight is 405 g/mol. The van der Waals surface area contributed by atoms with E-state index >= 15 is 0 Å². The molecule has 0 bridgehead atoms. The molecule has 0 aromatic heterocycles. The van der Waals surface area contributed by atoms with Crippen LogP contribution < -0.4 is 20.1 Å². The van der Waals surface area contributed by atoms with E-state index in [4.69, 9.17) is 21.1 Å². The summed E-state index contributed by atoms with van der Waals surface area (Å²) in [6, 6.07) is 11.7. The maximum Gasteiger partial charge on any atom is 0.251 e. The van der Waals surface area contributed by atoms with Crippen LogP contribution in [0.1, 0.15) is 31.1 Å². The fourth-order valence-electron chi connectivity index (χ4n) is 2.29. The first-order valence-corrected chi connectivity index (χ1v) is 9.50. The van der Waals surface area contributed by atoms with Crippen molar-refractivity contribution in [1.29, 1.82) is 0 Å². The van der Waals surface area contributed by atoms with Gasteiger partial charge in [-0.05, 0) is 55.3 Å². The van der Waals surface area contributed by atoms with E-state index in [1.807, 2.05) is 20.8 Å². The number of nitrogens with one attached hydrogen (secondary N) is 2. The third-order valence-electron chi connectivity index (χ3n) is 3.62. The molecule has 0 aliphatic rings. The Morgan fingerprint density at radius 1 is 1.07 bits per heavy atom. The van der Waals surface area contributed by atoms with Gasteiger partial charge in [0, 0.05) is 11.3 Å². The topological polar surface area (TPSA) is 76.7 Å². The lowest BCUT2D eigenvalue weighted by Crippen LogP contribution is -2.32. The normalized spacial score (nSPS) is 10.5. The smallest absolute Gasteiger partial charge is 0.251 e. The number of carbonyl (C=O) groups is 2. The van der Waals surface area contributed by atoms with Gasteiger partial charge in [-0.15, -0.1) is 0 Å². The largest absolute Gasteiger partial charge is 0.494 e. The SMILES string of the molecule is CCOc1ccc(C(=O)NCC(=O)Nc2ccc(OCC(C)C)c(Cl)c2)cc1. The van der Waals surface area contributed by atoms with Crippen LogP contribution in [-0.4, -0.2) is 31.6 Å². The van der Waals surface area contributed by atoms with Gasteiger partial charge < -0.3 is 20.1 Å². The van der Waals surface area contributed by atoms with E-state index in [0.717, 1.165) is 0 Å². The molecule has 2 amide bonds. The van der Waals surface area contributed by atoms with E-state index in [2.05, 4.69) is 10.6 Å². The van der Waals surface area contributed by atoms with Crippen molar-refractivity contribution >= 4 is 29.1 Å². The molecule has 2 rings (SSSR count).